The fourth-order valence-electron chi connectivity index (χ4n) is 11.5. The van der Waals surface area contributed by atoms with Crippen LogP contribution in [0.25, 0.3) is 0 Å². The number of sulfonamides is 3. The monoisotopic (exact) mass is 1570 g/mol. The number of nitrogens with zero attached hydrogens (tertiary/aromatic N) is 3. The second kappa shape index (κ2) is 39.5. The van der Waals surface area contributed by atoms with Crippen LogP contribution >= 0.6 is 0 Å². The minimum Gasteiger partial charge on any atom is -1.00 e. The van der Waals surface area contributed by atoms with Gasteiger partial charge < -0.3 is 16.4 Å². The Morgan fingerprint density at radius 1 is 0.406 bits per heavy atom. The van der Waals surface area contributed by atoms with E-state index in [4.69, 9.17) is 0 Å². The Kier molecular flexibility index (Phi) is 35.2. The molecule has 0 amide bonds. The van der Waals surface area contributed by atoms with Crippen molar-refractivity contribution in [2.24, 2.45) is 0 Å². The molecule has 0 aliphatic rings. The first-order valence-electron chi connectivity index (χ1n) is 32.7. The number of methoxy groups -OCH3 is 1. The van der Waals surface area contributed by atoms with E-state index in [9.17, 15) is 95.7 Å². The van der Waals surface area contributed by atoms with E-state index >= 15 is 0 Å². The van der Waals surface area contributed by atoms with Crippen LogP contribution in [-0.4, -0.2) is 138 Å². The first-order chi connectivity index (χ1) is 48.2. The molecule has 0 aromatic heterocycles. The molecule has 6 aromatic rings. The van der Waals surface area contributed by atoms with E-state index in [1.165, 1.54) is 21.1 Å². The average Bonchev–Trinajstić information content (AvgIpc) is 0.815. The van der Waals surface area contributed by atoms with Crippen molar-refractivity contribution in [3.63, 3.8) is 0 Å². The van der Waals surface area contributed by atoms with Crippen LogP contribution in [0.3, 0.4) is 0 Å². The van der Waals surface area contributed by atoms with Gasteiger partial charge >= 0.3 is 24.8 Å². The summed E-state index contributed by atoms with van der Waals surface area (Å²) in [6.45, 7) is 21.8. The number of Topliss-reactive ketones (excluding diaryl/α,β-unsaturated/α-hetero) is 3. The van der Waals surface area contributed by atoms with Gasteiger partial charge in [0.25, 0.3) is 0 Å². The van der Waals surface area contributed by atoms with Gasteiger partial charge in [-0.3, -0.25) is 14.4 Å². The van der Waals surface area contributed by atoms with Gasteiger partial charge in [-0.1, -0.05) is 83.1 Å². The van der Waals surface area contributed by atoms with E-state index in [2.05, 4.69) is 37.1 Å². The zero-order chi connectivity index (χ0) is 79.1. The molecule has 0 unspecified atom stereocenters. The number of ketones is 3. The molecule has 0 saturated heterocycles. The van der Waals surface area contributed by atoms with Crippen molar-refractivity contribution in [1.29, 1.82) is 15.8 Å². The van der Waals surface area contributed by atoms with Crippen LogP contribution in [0.4, 0.5) is 0 Å². The van der Waals surface area contributed by atoms with Crippen LogP contribution in [0, 0.1) is 34.0 Å². The van der Waals surface area contributed by atoms with Crippen LogP contribution < -0.4 is 33.0 Å². The van der Waals surface area contributed by atoms with Crippen molar-refractivity contribution in [1.82, 2.24) is 14.2 Å². The summed E-state index contributed by atoms with van der Waals surface area (Å²) in [7, 11) is -19.6. The van der Waals surface area contributed by atoms with Gasteiger partial charge in [0.1, 0.15) is 17.3 Å². The first kappa shape index (κ1) is 94.5. The average molecular weight is 1570 g/mol. The normalized spacial score (nSPS) is 11.9. The molecule has 0 bridgehead atoms. The van der Waals surface area contributed by atoms with Gasteiger partial charge in [-0.15, -0.1) is 0 Å². The van der Waals surface area contributed by atoms with Crippen molar-refractivity contribution in [2.75, 3.05) is 45.5 Å². The number of esters is 1. The van der Waals surface area contributed by atoms with Gasteiger partial charge in [0.15, 0.2) is 46.9 Å². The van der Waals surface area contributed by atoms with E-state index < -0.39 is 124 Å². The minimum absolute atomic E-state index is 0. The number of rotatable bonds is 30. The molecule has 5 N–H and O–H groups in total. The maximum atomic E-state index is 13.2. The van der Waals surface area contributed by atoms with Crippen LogP contribution in [0.2, 0.25) is 0 Å². The third kappa shape index (κ3) is 24.0. The van der Waals surface area contributed by atoms with Crippen LogP contribution in [-0.2, 0) is 111 Å². The number of ether oxygens (including phenoxy) is 1. The minimum atomic E-state index is -4.33. The molecule has 0 fully saturated rings. The molecular weight excluding hydrogens is 1470 g/mol. The molecule has 0 spiro atoms. The summed E-state index contributed by atoms with van der Waals surface area (Å²) in [5, 5.41) is 47.5. The molecule has 0 atom stereocenters. The molecule has 3 radical (unpaired) electrons. The second-order valence-corrected chi connectivity index (χ2v) is 37.7. The van der Waals surface area contributed by atoms with Crippen molar-refractivity contribution < 1.29 is 105 Å². The third-order valence-electron chi connectivity index (χ3n) is 16.8. The van der Waals surface area contributed by atoms with E-state index in [1.54, 1.807) is 36.4 Å². The quantitative estimate of drug-likeness (QED) is 0.0278. The number of aliphatic hydroxyl groups excluding tert-OH is 2. The van der Waals surface area contributed by atoms with Gasteiger partial charge in [-0.25, -0.2) is 69.5 Å². The summed E-state index contributed by atoms with van der Waals surface area (Å²) in [6.07, 6.45) is -0.412. The van der Waals surface area contributed by atoms with E-state index in [1.807, 2.05) is 83.1 Å². The maximum Gasteiger partial charge on any atom is 1.00 e. The molecule has 0 heterocycles. The Morgan fingerprint density at radius 2 is 0.632 bits per heavy atom. The smallest absolute Gasteiger partial charge is 1.00 e. The van der Waals surface area contributed by atoms with Gasteiger partial charge in [-0.05, 0) is 209 Å². The Labute approximate surface area is 640 Å². The summed E-state index contributed by atoms with van der Waals surface area (Å²) < 4.78 is 162. The molecule has 6 rings (SSSR count). The molecule has 106 heavy (non-hydrogen) atoms. The number of hydrogen-bond donors (Lipinski definition) is 5. The molecule has 0 saturated carbocycles. The van der Waals surface area contributed by atoms with Crippen molar-refractivity contribution >= 4 is 91.3 Å². The Balaban J connectivity index is 0.000000792. The van der Waals surface area contributed by atoms with Crippen LogP contribution in [0.1, 0.15) is 208 Å². The van der Waals surface area contributed by atoms with Crippen LogP contribution in [0.5, 0.6) is 0 Å². The summed E-state index contributed by atoms with van der Waals surface area (Å²) in [5.41, 5.74) is 7.76. The van der Waals surface area contributed by atoms with Crippen molar-refractivity contribution in [3.8, 4) is 18.2 Å². The number of nitriles is 3. The van der Waals surface area contributed by atoms with E-state index in [-0.39, 0.29) is 119 Å². The number of carbonyl (C=O) groups is 4. The molecule has 0 aliphatic heterocycles. The fraction of sp³-hybridized carbons (Fsp3) is 0.411. The molecular formula is C73H91BLiN6O19S6. The molecule has 567 valence electrons. The van der Waals surface area contributed by atoms with Crippen LogP contribution in [0.15, 0.2) is 120 Å². The Bertz CT molecular complexity index is 4850. The van der Waals surface area contributed by atoms with Gasteiger partial charge in [0.05, 0.1) is 90.2 Å². The van der Waals surface area contributed by atoms with Gasteiger partial charge in [0.2, 0.25) is 30.1 Å². The Hall–Kier alpha value is -7.57. The zero-order valence-electron chi connectivity index (χ0n) is 63.5. The van der Waals surface area contributed by atoms with E-state index in [0.717, 1.165) is 106 Å². The second-order valence-electron chi connectivity index (χ2n) is 26.2. The number of nitrogens with one attached hydrogen (secondary N) is 3. The number of sulfone groups is 3. The van der Waals surface area contributed by atoms with Gasteiger partial charge in [0, 0.05) is 27.7 Å². The summed E-state index contributed by atoms with van der Waals surface area (Å²) in [4.78, 5) is 49.5. The summed E-state index contributed by atoms with van der Waals surface area (Å²) in [5.74, 6) is -5.16. The number of aliphatic hydroxyl groups is 2. The topological polar surface area (TPSA) is 430 Å². The summed E-state index contributed by atoms with van der Waals surface area (Å²) >= 11 is 0. The number of carbonyl (C=O) groups excluding carboxylic acids is 4. The molecule has 33 heteroatoms. The van der Waals surface area contributed by atoms with Gasteiger partial charge in [-0.2, -0.15) is 15.8 Å². The Morgan fingerprint density at radius 3 is 0.840 bits per heavy atom. The fourth-order valence-corrected chi connectivity index (χ4v) is 18.2. The first-order valence-corrected chi connectivity index (χ1v) is 42.1. The number of benzene rings is 6. The standard InChI is InChI=1S/C25H30N2O7S2.2C24H30N2O6S2.B.Li.H/c1-15(2)20-9-17(13-26)10-21(16(3)4)22(20)11-18(28)14-35(30,31)24-8-7-19(36(32,33)27-5)12-23(24)25(29)34-6;2*1-15(2)21-8-17(12-25)9-22(16(3)4)23(21)11-19(28)14-33(29,30)24-7-6-20(10-18(24)13-27)34(31,32)26-5;;;/h7-10,12,15-16,27H,11,14H2,1-6H3;2*6-10,15-16,26-27H,11,13-14H2,1-5H3;;;/q;;;;+1;-1. The predicted octanol–water partition coefficient (Wildman–Crippen LogP) is 5.40. The number of hydrogen-bond acceptors (Lipinski definition) is 22. The SMILES string of the molecule is CNS(=O)(=O)c1ccc(S(=O)(=O)CC(=O)Cc2c(C(C)C)cc(C#N)cc2C(C)C)c(C(=O)OC)c1.CNS(=O)(=O)c1ccc(S(=O)(=O)CC(=O)Cc2c(C(C)C)cc(C#N)cc2C(C)C)c(CO)c1.CNS(=O)(=O)c1ccc(S(=O)(=O)CC(=O)Cc2c(C(C)C)cc(C#N)cc2C(C)C)c(CO)c1.[B].[H-].[Li+]. The van der Waals surface area contributed by atoms with Crippen molar-refractivity contribution in [3.05, 3.63) is 174 Å². The maximum absolute atomic E-state index is 13.2. The van der Waals surface area contributed by atoms with Crippen molar-refractivity contribution in [2.45, 2.75) is 180 Å². The molecule has 6 aromatic carbocycles. The zero-order valence-corrected chi connectivity index (χ0v) is 67.4. The largest absolute Gasteiger partial charge is 1.00 e. The molecule has 0 aliphatic carbocycles. The molecule has 25 nitrogen and oxygen atoms in total. The third-order valence-corrected chi connectivity index (χ3v) is 26.3. The van der Waals surface area contributed by atoms with E-state index in [0.29, 0.717) is 22.3 Å². The predicted molar refractivity (Wildman–Crippen MR) is 398 cm³/mol. The summed E-state index contributed by atoms with van der Waals surface area (Å²) in [6, 6.07) is 26.3.